The van der Waals surface area contributed by atoms with E-state index in [0.29, 0.717) is 4.90 Å². The maximum Gasteiger partial charge on any atom is 0.406 e. The average molecular weight is 248 g/mol. The van der Waals surface area contributed by atoms with E-state index >= 15 is 0 Å². The van der Waals surface area contributed by atoms with Crippen molar-refractivity contribution >= 4 is 5.91 Å². The van der Waals surface area contributed by atoms with Gasteiger partial charge in [0.15, 0.2) is 0 Å². The monoisotopic (exact) mass is 248 g/mol. The van der Waals surface area contributed by atoms with Crippen LogP contribution in [-0.2, 0) is 0 Å². The number of alkyl halides is 3. The number of hydrogen-bond donors (Lipinski definition) is 1. The van der Waals surface area contributed by atoms with E-state index in [4.69, 9.17) is 5.11 Å². The lowest BCUT2D eigenvalue weighted by molar-refractivity contribution is -0.140. The summed E-state index contributed by atoms with van der Waals surface area (Å²) < 4.78 is 36.6. The molecule has 17 heavy (non-hydrogen) atoms. The lowest BCUT2D eigenvalue weighted by Crippen LogP contribution is -2.38. The quantitative estimate of drug-likeness (QED) is 0.887. The Balaban J connectivity index is 2.87. The van der Waals surface area contributed by atoms with Crippen molar-refractivity contribution < 1.29 is 23.1 Å². The molecule has 0 fully saturated rings. The minimum Gasteiger partial charge on any atom is -0.506 e. The summed E-state index contributed by atoms with van der Waals surface area (Å²) in [5, 5.41) is 9.09. The number of halogens is 3. The van der Waals surface area contributed by atoms with Gasteiger partial charge < -0.3 is 10.0 Å². The lowest BCUT2D eigenvalue weighted by Gasteiger charge is -2.22. The van der Waals surface area contributed by atoms with Crippen molar-refractivity contribution in [3.8, 4) is 5.75 Å². The number of amides is 1. The molecule has 0 bridgehead atoms. The Morgan fingerprint density at radius 1 is 1.47 bits per heavy atom. The van der Waals surface area contributed by atoms with E-state index in [1.807, 2.05) is 0 Å². The molecule has 1 amide bonds. The van der Waals surface area contributed by atoms with Crippen molar-refractivity contribution in [1.82, 2.24) is 9.88 Å². The Kier molecular flexibility index (Phi) is 3.93. The minimum absolute atomic E-state index is 0.0731. The second-order valence-corrected chi connectivity index (χ2v) is 3.37. The second-order valence-electron chi connectivity index (χ2n) is 3.37. The molecule has 0 spiro atoms. The summed E-state index contributed by atoms with van der Waals surface area (Å²) in [6.45, 7) is 0.0475. The molecule has 1 rings (SSSR count). The first-order valence-electron chi connectivity index (χ1n) is 4.83. The first kappa shape index (κ1) is 13.3. The summed E-state index contributed by atoms with van der Waals surface area (Å²) in [5.74, 6) is -1.08. The summed E-state index contributed by atoms with van der Waals surface area (Å²) in [7, 11) is 0. The van der Waals surface area contributed by atoms with Gasteiger partial charge in [0.05, 0.1) is 11.8 Å². The third kappa shape index (κ3) is 3.93. The van der Waals surface area contributed by atoms with Crippen LogP contribution in [0.25, 0.3) is 0 Å². The third-order valence-corrected chi connectivity index (χ3v) is 2.01. The van der Waals surface area contributed by atoms with E-state index in [0.717, 1.165) is 18.5 Å². The maximum atomic E-state index is 12.2. The Morgan fingerprint density at radius 3 is 2.59 bits per heavy atom. The molecule has 1 aromatic rings. The highest BCUT2D eigenvalue weighted by Gasteiger charge is 2.32. The fourth-order valence-electron chi connectivity index (χ4n) is 1.27. The largest absolute Gasteiger partial charge is 0.506 e. The SMILES string of the molecule is CCN(CC(F)(F)F)C(=O)c1cncc(O)c1. The highest BCUT2D eigenvalue weighted by atomic mass is 19.4. The number of aromatic hydroxyl groups is 1. The number of rotatable bonds is 3. The van der Waals surface area contributed by atoms with Crippen LogP contribution < -0.4 is 0 Å². The molecule has 1 aromatic heterocycles. The number of nitrogens with zero attached hydrogens (tertiary/aromatic N) is 2. The normalized spacial score (nSPS) is 11.3. The smallest absolute Gasteiger partial charge is 0.406 e. The van der Waals surface area contributed by atoms with Crippen molar-refractivity contribution in [3.05, 3.63) is 24.0 Å². The van der Waals surface area contributed by atoms with Crippen molar-refractivity contribution in [2.75, 3.05) is 13.1 Å². The van der Waals surface area contributed by atoms with Gasteiger partial charge >= 0.3 is 6.18 Å². The van der Waals surface area contributed by atoms with E-state index < -0.39 is 18.6 Å². The van der Waals surface area contributed by atoms with Gasteiger partial charge in [-0.2, -0.15) is 13.2 Å². The molecule has 0 aliphatic rings. The van der Waals surface area contributed by atoms with Gasteiger partial charge in [0.1, 0.15) is 12.3 Å². The predicted octanol–water partition coefficient (Wildman–Crippen LogP) is 1.81. The van der Waals surface area contributed by atoms with Crippen molar-refractivity contribution in [1.29, 1.82) is 0 Å². The minimum atomic E-state index is -4.45. The molecule has 0 aliphatic carbocycles. The highest BCUT2D eigenvalue weighted by Crippen LogP contribution is 2.18. The van der Waals surface area contributed by atoms with Gasteiger partial charge in [0, 0.05) is 12.7 Å². The Labute approximate surface area is 95.7 Å². The van der Waals surface area contributed by atoms with Gasteiger partial charge in [-0.25, -0.2) is 0 Å². The Morgan fingerprint density at radius 2 is 2.12 bits per heavy atom. The summed E-state index contributed by atoms with van der Waals surface area (Å²) in [6.07, 6.45) is -2.24. The molecule has 0 atom stereocenters. The van der Waals surface area contributed by atoms with Crippen LogP contribution in [0.5, 0.6) is 5.75 Å². The highest BCUT2D eigenvalue weighted by molar-refractivity contribution is 5.94. The molecule has 94 valence electrons. The van der Waals surface area contributed by atoms with Crippen LogP contribution >= 0.6 is 0 Å². The lowest BCUT2D eigenvalue weighted by atomic mass is 10.2. The maximum absolute atomic E-state index is 12.2. The summed E-state index contributed by atoms with van der Waals surface area (Å²) in [4.78, 5) is 15.9. The van der Waals surface area contributed by atoms with Gasteiger partial charge in [0.2, 0.25) is 0 Å². The van der Waals surface area contributed by atoms with E-state index in [-0.39, 0.29) is 17.9 Å². The van der Waals surface area contributed by atoms with Crippen LogP contribution in [0.3, 0.4) is 0 Å². The first-order chi connectivity index (χ1) is 7.83. The average Bonchev–Trinajstić information content (AvgIpc) is 2.23. The number of aromatic nitrogens is 1. The third-order valence-electron chi connectivity index (χ3n) is 2.01. The molecule has 1 heterocycles. The summed E-state index contributed by atoms with van der Waals surface area (Å²) in [6, 6.07) is 1.08. The zero-order chi connectivity index (χ0) is 13.1. The summed E-state index contributed by atoms with van der Waals surface area (Å²) >= 11 is 0. The van der Waals surface area contributed by atoms with E-state index in [1.165, 1.54) is 6.92 Å². The van der Waals surface area contributed by atoms with Gasteiger partial charge in [-0.3, -0.25) is 9.78 Å². The number of carbonyl (C=O) groups is 1. The van der Waals surface area contributed by atoms with Crippen LogP contribution in [0.15, 0.2) is 18.5 Å². The molecule has 4 nitrogen and oxygen atoms in total. The fraction of sp³-hybridized carbons (Fsp3) is 0.400. The van der Waals surface area contributed by atoms with Crippen LogP contribution in [0.2, 0.25) is 0 Å². The Hall–Kier alpha value is -1.79. The zero-order valence-electron chi connectivity index (χ0n) is 9.03. The molecule has 0 radical (unpaired) electrons. The van der Waals surface area contributed by atoms with Crippen LogP contribution in [-0.4, -0.2) is 40.2 Å². The molecule has 0 unspecified atom stereocenters. The number of pyridine rings is 1. The first-order valence-corrected chi connectivity index (χ1v) is 4.83. The molecule has 0 saturated heterocycles. The zero-order valence-corrected chi connectivity index (χ0v) is 9.03. The van der Waals surface area contributed by atoms with Crippen LogP contribution in [0.4, 0.5) is 13.2 Å². The number of hydrogen-bond acceptors (Lipinski definition) is 3. The standard InChI is InChI=1S/C10H11F3N2O2/c1-2-15(6-10(11,12)13)9(17)7-3-8(16)5-14-4-7/h3-5,16H,2,6H2,1H3. The van der Waals surface area contributed by atoms with Gasteiger partial charge in [-0.05, 0) is 13.0 Å². The Bertz CT molecular complexity index is 407. The molecular formula is C10H11F3N2O2. The fourth-order valence-corrected chi connectivity index (χ4v) is 1.27. The van der Waals surface area contributed by atoms with E-state index in [1.54, 1.807) is 0 Å². The molecule has 0 aromatic carbocycles. The molecule has 1 N–H and O–H groups in total. The van der Waals surface area contributed by atoms with Gasteiger partial charge in [-0.15, -0.1) is 0 Å². The molecular weight excluding hydrogens is 237 g/mol. The predicted molar refractivity (Wildman–Crippen MR) is 53.5 cm³/mol. The van der Waals surface area contributed by atoms with Crippen LogP contribution in [0, 0.1) is 0 Å². The number of carbonyl (C=O) groups excluding carboxylic acids is 1. The van der Waals surface area contributed by atoms with Gasteiger partial charge in [0.25, 0.3) is 5.91 Å². The molecule has 0 aliphatic heterocycles. The van der Waals surface area contributed by atoms with Crippen molar-refractivity contribution in [3.63, 3.8) is 0 Å². The molecule has 7 heteroatoms. The van der Waals surface area contributed by atoms with Crippen LogP contribution in [0.1, 0.15) is 17.3 Å². The second kappa shape index (κ2) is 5.03. The van der Waals surface area contributed by atoms with Crippen molar-refractivity contribution in [2.24, 2.45) is 0 Å². The van der Waals surface area contributed by atoms with Gasteiger partial charge in [-0.1, -0.05) is 0 Å². The van der Waals surface area contributed by atoms with E-state index in [9.17, 15) is 18.0 Å². The van der Waals surface area contributed by atoms with E-state index in [2.05, 4.69) is 4.98 Å². The van der Waals surface area contributed by atoms with Crippen molar-refractivity contribution in [2.45, 2.75) is 13.1 Å². The summed E-state index contributed by atoms with van der Waals surface area (Å²) in [5.41, 5.74) is -0.0731. The topological polar surface area (TPSA) is 53.4 Å². The molecule has 0 saturated carbocycles.